The first-order chi connectivity index (χ1) is 13.6. The Labute approximate surface area is 171 Å². The molecule has 1 amide bonds. The van der Waals surface area contributed by atoms with Gasteiger partial charge in [0.25, 0.3) is 0 Å². The second-order valence-corrected chi connectivity index (χ2v) is 6.99. The first kappa shape index (κ1) is 24.0. The number of carbonyl (C=O) groups excluding carboxylic acids is 1. The van der Waals surface area contributed by atoms with Crippen molar-refractivity contribution in [3.05, 3.63) is 35.9 Å². The van der Waals surface area contributed by atoms with Crippen LogP contribution in [0.15, 0.2) is 35.3 Å². The molecule has 0 spiro atoms. The molecular formula is C22H39N5O. The highest BCUT2D eigenvalue weighted by Crippen LogP contribution is 2.00. The largest absolute Gasteiger partial charge is 0.357 e. The summed E-state index contributed by atoms with van der Waals surface area (Å²) in [5.41, 5.74) is 1.10. The Kier molecular flexibility index (Phi) is 12.8. The molecule has 0 aromatic heterocycles. The summed E-state index contributed by atoms with van der Waals surface area (Å²) in [4.78, 5) is 19.0. The lowest BCUT2D eigenvalue weighted by molar-refractivity contribution is -0.121. The molecule has 1 aromatic carbocycles. The predicted molar refractivity (Wildman–Crippen MR) is 119 cm³/mol. The van der Waals surface area contributed by atoms with Gasteiger partial charge in [-0.2, -0.15) is 0 Å². The minimum atomic E-state index is 0.0238. The average molecular weight is 390 g/mol. The summed E-state index contributed by atoms with van der Waals surface area (Å²) in [5.74, 6) is 0.810. The minimum absolute atomic E-state index is 0.0238. The second-order valence-electron chi connectivity index (χ2n) is 6.99. The Hall–Kier alpha value is -2.08. The number of hydrogen-bond acceptors (Lipinski definition) is 3. The number of guanidine groups is 1. The van der Waals surface area contributed by atoms with Crippen LogP contribution >= 0.6 is 0 Å². The monoisotopic (exact) mass is 389 g/mol. The first-order valence-corrected chi connectivity index (χ1v) is 10.7. The molecule has 28 heavy (non-hydrogen) atoms. The van der Waals surface area contributed by atoms with Crippen LogP contribution in [-0.2, 0) is 11.3 Å². The molecule has 0 radical (unpaired) electrons. The number of nitrogens with one attached hydrogen (secondary N) is 3. The number of benzene rings is 1. The van der Waals surface area contributed by atoms with Crippen molar-refractivity contribution >= 4 is 11.9 Å². The smallest absolute Gasteiger partial charge is 0.222 e. The van der Waals surface area contributed by atoms with Gasteiger partial charge in [-0.25, -0.2) is 0 Å². The fourth-order valence-electron chi connectivity index (χ4n) is 2.94. The quantitative estimate of drug-likeness (QED) is 0.358. The fourth-order valence-corrected chi connectivity index (χ4v) is 2.94. The molecule has 0 heterocycles. The normalized spacial score (nSPS) is 12.7. The third-order valence-electron chi connectivity index (χ3n) is 4.67. The molecule has 0 aliphatic heterocycles. The van der Waals surface area contributed by atoms with Gasteiger partial charge in [0.05, 0.1) is 6.54 Å². The van der Waals surface area contributed by atoms with Crippen LogP contribution in [0.25, 0.3) is 0 Å². The number of carbonyl (C=O) groups is 1. The third kappa shape index (κ3) is 10.9. The van der Waals surface area contributed by atoms with Gasteiger partial charge < -0.3 is 20.9 Å². The SMILES string of the molecule is CCNC(=NCCC(=O)NCc1ccccc1)NC(C)CCCN(CC)CC. The molecule has 6 nitrogen and oxygen atoms in total. The molecule has 0 aliphatic rings. The van der Waals surface area contributed by atoms with Gasteiger partial charge in [-0.1, -0.05) is 44.2 Å². The number of rotatable bonds is 13. The summed E-state index contributed by atoms with van der Waals surface area (Å²) >= 11 is 0. The van der Waals surface area contributed by atoms with Gasteiger partial charge >= 0.3 is 0 Å². The van der Waals surface area contributed by atoms with E-state index in [-0.39, 0.29) is 5.91 Å². The highest BCUT2D eigenvalue weighted by Gasteiger charge is 2.07. The van der Waals surface area contributed by atoms with Crippen molar-refractivity contribution in [2.75, 3.05) is 32.7 Å². The molecule has 1 atom stereocenters. The first-order valence-electron chi connectivity index (χ1n) is 10.7. The van der Waals surface area contributed by atoms with Crippen LogP contribution in [0, 0.1) is 0 Å². The van der Waals surface area contributed by atoms with E-state index in [0.29, 0.717) is 25.6 Å². The maximum absolute atomic E-state index is 12.0. The number of amides is 1. The zero-order chi connectivity index (χ0) is 20.6. The van der Waals surface area contributed by atoms with Gasteiger partial charge in [0.2, 0.25) is 5.91 Å². The molecule has 158 valence electrons. The van der Waals surface area contributed by atoms with E-state index < -0.39 is 0 Å². The lowest BCUT2D eigenvalue weighted by Crippen LogP contribution is -2.42. The predicted octanol–water partition coefficient (Wildman–Crippen LogP) is 2.76. The summed E-state index contributed by atoms with van der Waals surface area (Å²) in [6.45, 7) is 13.8. The number of nitrogens with zero attached hydrogens (tertiary/aromatic N) is 2. The van der Waals surface area contributed by atoms with Gasteiger partial charge in [-0.05, 0) is 51.9 Å². The molecule has 0 fully saturated rings. The zero-order valence-corrected chi connectivity index (χ0v) is 18.1. The van der Waals surface area contributed by atoms with E-state index in [1.54, 1.807) is 0 Å². The van der Waals surface area contributed by atoms with E-state index in [2.05, 4.69) is 53.5 Å². The molecule has 0 bridgehead atoms. The van der Waals surface area contributed by atoms with Crippen LogP contribution in [0.3, 0.4) is 0 Å². The molecule has 0 saturated carbocycles. The van der Waals surface area contributed by atoms with Crippen molar-refractivity contribution in [2.45, 2.75) is 59.5 Å². The highest BCUT2D eigenvalue weighted by atomic mass is 16.1. The Bertz CT molecular complexity index is 557. The topological polar surface area (TPSA) is 68.8 Å². The van der Waals surface area contributed by atoms with Crippen molar-refractivity contribution in [3.8, 4) is 0 Å². The van der Waals surface area contributed by atoms with Gasteiger partial charge in [-0.15, -0.1) is 0 Å². The van der Waals surface area contributed by atoms with E-state index >= 15 is 0 Å². The molecular weight excluding hydrogens is 350 g/mol. The van der Waals surface area contributed by atoms with E-state index in [1.165, 1.54) is 0 Å². The Morgan fingerprint density at radius 2 is 1.82 bits per heavy atom. The summed E-state index contributed by atoms with van der Waals surface area (Å²) < 4.78 is 0. The lowest BCUT2D eigenvalue weighted by atomic mass is 10.2. The van der Waals surface area contributed by atoms with E-state index in [4.69, 9.17) is 0 Å². The minimum Gasteiger partial charge on any atom is -0.357 e. The van der Waals surface area contributed by atoms with Crippen LogP contribution in [0.5, 0.6) is 0 Å². The maximum atomic E-state index is 12.0. The van der Waals surface area contributed by atoms with Crippen molar-refractivity contribution in [1.29, 1.82) is 0 Å². The number of aliphatic imine (C=N–C) groups is 1. The van der Waals surface area contributed by atoms with Crippen LogP contribution in [-0.4, -0.2) is 55.5 Å². The van der Waals surface area contributed by atoms with Gasteiger partial charge in [0, 0.05) is 25.6 Å². The number of hydrogen-bond donors (Lipinski definition) is 3. The summed E-state index contributed by atoms with van der Waals surface area (Å²) in [6.07, 6.45) is 2.65. The van der Waals surface area contributed by atoms with Gasteiger partial charge in [0.1, 0.15) is 0 Å². The van der Waals surface area contributed by atoms with E-state index in [0.717, 1.165) is 50.5 Å². The van der Waals surface area contributed by atoms with Crippen molar-refractivity contribution in [3.63, 3.8) is 0 Å². The molecule has 1 unspecified atom stereocenters. The van der Waals surface area contributed by atoms with Gasteiger partial charge in [0.15, 0.2) is 5.96 Å². The molecule has 1 aromatic rings. The Morgan fingerprint density at radius 3 is 2.46 bits per heavy atom. The lowest BCUT2D eigenvalue weighted by Gasteiger charge is -2.21. The molecule has 0 aliphatic carbocycles. The highest BCUT2D eigenvalue weighted by molar-refractivity contribution is 5.81. The summed E-state index contributed by atoms with van der Waals surface area (Å²) in [6, 6.07) is 10.3. The molecule has 3 N–H and O–H groups in total. The summed E-state index contributed by atoms with van der Waals surface area (Å²) in [5, 5.41) is 9.65. The van der Waals surface area contributed by atoms with Gasteiger partial charge in [-0.3, -0.25) is 9.79 Å². The standard InChI is InChI=1S/C22H39N5O/c1-5-23-22(26-19(4)12-11-17-27(6-2)7-3)24-16-15-21(28)25-18-20-13-9-8-10-14-20/h8-10,13-14,19H,5-7,11-12,15-18H2,1-4H3,(H,25,28)(H2,23,24,26). The second kappa shape index (κ2) is 14.9. The fraction of sp³-hybridized carbons (Fsp3) is 0.636. The molecule has 0 saturated heterocycles. The third-order valence-corrected chi connectivity index (χ3v) is 4.67. The summed E-state index contributed by atoms with van der Waals surface area (Å²) in [7, 11) is 0. The maximum Gasteiger partial charge on any atom is 0.222 e. The van der Waals surface area contributed by atoms with Crippen molar-refractivity contribution < 1.29 is 4.79 Å². The zero-order valence-electron chi connectivity index (χ0n) is 18.1. The van der Waals surface area contributed by atoms with Crippen molar-refractivity contribution in [2.24, 2.45) is 4.99 Å². The van der Waals surface area contributed by atoms with E-state index in [1.807, 2.05) is 30.3 Å². The van der Waals surface area contributed by atoms with E-state index in [9.17, 15) is 4.79 Å². The van der Waals surface area contributed by atoms with Crippen molar-refractivity contribution in [1.82, 2.24) is 20.9 Å². The Morgan fingerprint density at radius 1 is 1.11 bits per heavy atom. The van der Waals surface area contributed by atoms with Crippen LogP contribution in [0.1, 0.15) is 52.5 Å². The van der Waals surface area contributed by atoms with Crippen LogP contribution in [0.4, 0.5) is 0 Å². The van der Waals surface area contributed by atoms with Crippen LogP contribution < -0.4 is 16.0 Å². The van der Waals surface area contributed by atoms with Crippen LogP contribution in [0.2, 0.25) is 0 Å². The molecule has 6 heteroatoms. The Balaban J connectivity index is 2.32. The molecule has 1 rings (SSSR count). The average Bonchev–Trinajstić information content (AvgIpc) is 2.70.